The number of nitrogens with one attached hydrogen (secondary N) is 1. The van der Waals surface area contributed by atoms with Gasteiger partial charge in [0.15, 0.2) is 0 Å². The van der Waals surface area contributed by atoms with E-state index in [2.05, 4.69) is 15.3 Å². The number of anilines is 3. The molecule has 8 nitrogen and oxygen atoms in total. The molecule has 27 heavy (non-hydrogen) atoms. The zero-order valence-corrected chi connectivity index (χ0v) is 14.9. The normalized spacial score (nSPS) is 19.4. The molecule has 0 saturated carbocycles. The van der Waals surface area contributed by atoms with E-state index < -0.39 is 11.7 Å². The number of carbonyl (C=O) groups excluding carboxylic acids is 1. The lowest BCUT2D eigenvalue weighted by molar-refractivity contribution is -0.116. The van der Waals surface area contributed by atoms with E-state index in [-0.39, 0.29) is 18.1 Å². The lowest BCUT2D eigenvalue weighted by Crippen LogP contribution is -2.38. The van der Waals surface area contributed by atoms with Crippen molar-refractivity contribution in [2.75, 3.05) is 49.4 Å². The average Bonchev–Trinajstić information content (AvgIpc) is 2.68. The summed E-state index contributed by atoms with van der Waals surface area (Å²) in [5.74, 6) is 0.229. The lowest BCUT2D eigenvalue weighted by Gasteiger charge is -2.30. The summed E-state index contributed by atoms with van der Waals surface area (Å²) in [6.07, 6.45) is 0.0571. The van der Waals surface area contributed by atoms with Crippen molar-refractivity contribution in [3.05, 3.63) is 35.1 Å². The number of methoxy groups -OCH3 is 1. The van der Waals surface area contributed by atoms with Gasteiger partial charge >= 0.3 is 0 Å². The van der Waals surface area contributed by atoms with Crippen molar-refractivity contribution < 1.29 is 18.7 Å². The molecule has 9 heteroatoms. The van der Waals surface area contributed by atoms with Crippen LogP contribution in [0.4, 0.5) is 22.0 Å². The number of benzene rings is 1. The highest BCUT2D eigenvalue weighted by molar-refractivity contribution is 5.95. The number of nitrogens with two attached hydrogens (primary N) is 1. The van der Waals surface area contributed by atoms with Crippen LogP contribution in [0, 0.1) is 5.82 Å². The zero-order chi connectivity index (χ0) is 19.0. The summed E-state index contributed by atoms with van der Waals surface area (Å²) in [6.45, 7) is 2.43. The minimum absolute atomic E-state index is 0.0571. The Labute approximate surface area is 155 Å². The first-order chi connectivity index (χ1) is 13.1. The number of rotatable bonds is 3. The van der Waals surface area contributed by atoms with E-state index in [0.29, 0.717) is 54.9 Å². The summed E-state index contributed by atoms with van der Waals surface area (Å²) < 4.78 is 25.1. The van der Waals surface area contributed by atoms with Crippen LogP contribution in [0.2, 0.25) is 0 Å². The SMILES string of the molecule is COc1ccc(F)c([C@H]2CC(=O)Nc3nc(N4CCOCC4)nc(N)c32)c1. The molecule has 2 aliphatic rings. The van der Waals surface area contributed by atoms with Gasteiger partial charge in [-0.3, -0.25) is 4.79 Å². The van der Waals surface area contributed by atoms with Crippen LogP contribution in [-0.2, 0) is 9.53 Å². The number of carbonyl (C=O) groups is 1. The number of halogens is 1. The van der Waals surface area contributed by atoms with Gasteiger partial charge in [0, 0.05) is 31.0 Å². The average molecular weight is 373 g/mol. The van der Waals surface area contributed by atoms with Crippen LogP contribution >= 0.6 is 0 Å². The van der Waals surface area contributed by atoms with Gasteiger partial charge in [0.25, 0.3) is 0 Å². The highest BCUT2D eigenvalue weighted by Crippen LogP contribution is 2.41. The minimum Gasteiger partial charge on any atom is -0.497 e. The van der Waals surface area contributed by atoms with Gasteiger partial charge in [-0.1, -0.05) is 0 Å². The topological polar surface area (TPSA) is 103 Å². The number of amides is 1. The lowest BCUT2D eigenvalue weighted by atomic mass is 9.86. The van der Waals surface area contributed by atoms with Gasteiger partial charge in [-0.05, 0) is 23.8 Å². The predicted molar refractivity (Wildman–Crippen MR) is 97.5 cm³/mol. The van der Waals surface area contributed by atoms with E-state index in [9.17, 15) is 9.18 Å². The molecule has 0 bridgehead atoms. The third-order valence-corrected chi connectivity index (χ3v) is 4.83. The summed E-state index contributed by atoms with van der Waals surface area (Å²) in [5, 5.41) is 2.75. The summed E-state index contributed by atoms with van der Waals surface area (Å²) in [7, 11) is 1.50. The number of aromatic nitrogens is 2. The Hall–Kier alpha value is -2.94. The van der Waals surface area contributed by atoms with E-state index in [1.165, 1.54) is 19.2 Å². The van der Waals surface area contributed by atoms with E-state index in [1.54, 1.807) is 6.07 Å². The van der Waals surface area contributed by atoms with E-state index in [4.69, 9.17) is 15.2 Å². The quantitative estimate of drug-likeness (QED) is 0.841. The zero-order valence-electron chi connectivity index (χ0n) is 14.9. The molecule has 0 unspecified atom stereocenters. The fourth-order valence-electron chi connectivity index (χ4n) is 3.47. The van der Waals surface area contributed by atoms with Crippen molar-refractivity contribution >= 4 is 23.5 Å². The first kappa shape index (κ1) is 17.5. The van der Waals surface area contributed by atoms with E-state index in [0.717, 1.165) is 0 Å². The van der Waals surface area contributed by atoms with Gasteiger partial charge in [0.05, 0.1) is 20.3 Å². The van der Waals surface area contributed by atoms with Gasteiger partial charge < -0.3 is 25.4 Å². The van der Waals surface area contributed by atoms with Crippen molar-refractivity contribution in [1.29, 1.82) is 0 Å². The fourth-order valence-corrected chi connectivity index (χ4v) is 3.47. The second-order valence-electron chi connectivity index (χ2n) is 6.46. The van der Waals surface area contributed by atoms with Gasteiger partial charge in [-0.15, -0.1) is 0 Å². The fraction of sp³-hybridized carbons (Fsp3) is 0.389. The molecule has 1 aromatic carbocycles. The number of morpholine rings is 1. The monoisotopic (exact) mass is 373 g/mol. The highest BCUT2D eigenvalue weighted by atomic mass is 19.1. The van der Waals surface area contributed by atoms with E-state index >= 15 is 0 Å². The minimum atomic E-state index is -0.581. The largest absolute Gasteiger partial charge is 0.497 e. The second kappa shape index (κ2) is 6.99. The molecule has 2 aliphatic heterocycles. The Morgan fingerprint density at radius 3 is 2.85 bits per heavy atom. The van der Waals surface area contributed by atoms with Gasteiger partial charge in [-0.25, -0.2) is 4.39 Å². The first-order valence-electron chi connectivity index (χ1n) is 8.70. The standard InChI is InChI=1S/C18H20FN5O3/c1-26-10-2-3-13(19)11(8-10)12-9-14(25)21-17-15(12)16(20)22-18(23-17)24-4-6-27-7-5-24/h2-3,8,12H,4-7,9H2,1H3,(H3,20,21,22,23,25)/t12-/m1/s1. The smallest absolute Gasteiger partial charge is 0.229 e. The summed E-state index contributed by atoms with van der Waals surface area (Å²) in [4.78, 5) is 23.1. The molecule has 0 spiro atoms. The molecular formula is C18H20FN5O3. The Balaban J connectivity index is 1.79. The molecule has 0 aliphatic carbocycles. The summed E-state index contributed by atoms with van der Waals surface area (Å²) >= 11 is 0. The number of fused-ring (bicyclic) bond motifs is 1. The van der Waals surface area contributed by atoms with Crippen LogP contribution in [0.15, 0.2) is 18.2 Å². The molecule has 1 atom stereocenters. The maximum absolute atomic E-state index is 14.5. The second-order valence-corrected chi connectivity index (χ2v) is 6.46. The van der Waals surface area contributed by atoms with Crippen molar-refractivity contribution in [2.24, 2.45) is 0 Å². The maximum atomic E-state index is 14.5. The Bertz CT molecular complexity index is 886. The molecule has 4 rings (SSSR count). The Morgan fingerprint density at radius 2 is 2.11 bits per heavy atom. The Morgan fingerprint density at radius 1 is 1.33 bits per heavy atom. The molecule has 0 radical (unpaired) electrons. The van der Waals surface area contributed by atoms with Crippen LogP contribution in [0.25, 0.3) is 0 Å². The number of nitrogens with zero attached hydrogens (tertiary/aromatic N) is 3. The number of hydrogen-bond acceptors (Lipinski definition) is 7. The van der Waals surface area contributed by atoms with Crippen molar-refractivity contribution in [2.45, 2.75) is 12.3 Å². The molecule has 142 valence electrons. The van der Waals surface area contributed by atoms with Crippen molar-refractivity contribution in [3.8, 4) is 5.75 Å². The Kier molecular flexibility index (Phi) is 4.53. The number of nitrogen functional groups attached to an aromatic ring is 1. The predicted octanol–water partition coefficient (Wildman–Crippen LogP) is 1.52. The van der Waals surface area contributed by atoms with Crippen LogP contribution in [-0.4, -0.2) is 49.3 Å². The summed E-state index contributed by atoms with van der Waals surface area (Å²) in [6, 6.07) is 4.43. The molecule has 1 amide bonds. The highest BCUT2D eigenvalue weighted by Gasteiger charge is 2.33. The summed E-state index contributed by atoms with van der Waals surface area (Å²) in [5.41, 5.74) is 7.09. The molecule has 1 aromatic heterocycles. The van der Waals surface area contributed by atoms with Gasteiger partial charge in [-0.2, -0.15) is 9.97 Å². The third kappa shape index (κ3) is 3.25. The number of ether oxygens (including phenoxy) is 2. The molecular weight excluding hydrogens is 353 g/mol. The maximum Gasteiger partial charge on any atom is 0.229 e. The molecule has 1 saturated heterocycles. The van der Waals surface area contributed by atoms with Gasteiger partial charge in [0.1, 0.15) is 23.2 Å². The first-order valence-corrected chi connectivity index (χ1v) is 8.70. The molecule has 3 heterocycles. The van der Waals surface area contributed by atoms with Crippen LogP contribution in [0.1, 0.15) is 23.5 Å². The van der Waals surface area contributed by atoms with Crippen molar-refractivity contribution in [1.82, 2.24) is 9.97 Å². The number of hydrogen-bond donors (Lipinski definition) is 2. The van der Waals surface area contributed by atoms with E-state index in [1.807, 2.05) is 4.90 Å². The molecule has 3 N–H and O–H groups in total. The van der Waals surface area contributed by atoms with Crippen LogP contribution in [0.5, 0.6) is 5.75 Å². The molecule has 1 fully saturated rings. The van der Waals surface area contributed by atoms with Crippen LogP contribution < -0.4 is 20.7 Å². The molecule has 2 aromatic rings. The van der Waals surface area contributed by atoms with Crippen LogP contribution in [0.3, 0.4) is 0 Å². The third-order valence-electron chi connectivity index (χ3n) is 4.83. The van der Waals surface area contributed by atoms with Gasteiger partial charge in [0.2, 0.25) is 11.9 Å². The van der Waals surface area contributed by atoms with Crippen molar-refractivity contribution in [3.63, 3.8) is 0 Å².